The summed E-state index contributed by atoms with van der Waals surface area (Å²) in [7, 11) is 0.755. The molecule has 0 amide bonds. The number of aromatic amines is 1. The second-order valence-corrected chi connectivity index (χ2v) is 12.0. The zero-order valence-corrected chi connectivity index (χ0v) is 25.2. The summed E-state index contributed by atoms with van der Waals surface area (Å²) >= 11 is 2.60. The normalized spacial score (nSPS) is 16.8. The maximum Gasteiger partial charge on any atom is 0.107 e. The number of hydrogen-bond acceptors (Lipinski definition) is 5. The first-order valence-electron chi connectivity index (χ1n) is 11.0. The van der Waals surface area contributed by atoms with E-state index in [0.29, 0.717) is 9.11 Å². The molecule has 1 aliphatic rings. The van der Waals surface area contributed by atoms with Gasteiger partial charge in [0.25, 0.3) is 0 Å². The molecule has 0 aliphatic carbocycles. The molecular formula is C23H35IN6PW-. The van der Waals surface area contributed by atoms with E-state index in [1.165, 1.54) is 18.1 Å². The van der Waals surface area contributed by atoms with Gasteiger partial charge in [0.05, 0.1) is 11.4 Å². The number of nitrogen functional groups attached to an aromatic ring is 1. The molecule has 0 spiro atoms. The number of unbranched alkanes of at least 4 members (excludes halogenated alkanes) is 1. The molecule has 1 aromatic carbocycles. The average molecular weight is 737 g/mol. The van der Waals surface area contributed by atoms with E-state index in [1.807, 2.05) is 6.07 Å². The summed E-state index contributed by atoms with van der Waals surface area (Å²) in [6.45, 7) is 13.8. The van der Waals surface area contributed by atoms with E-state index in [0.717, 1.165) is 83.3 Å². The van der Waals surface area contributed by atoms with Crippen molar-refractivity contribution in [3.8, 4) is 11.3 Å². The van der Waals surface area contributed by atoms with Crippen LogP contribution in [0.25, 0.3) is 11.3 Å². The molecule has 1 aliphatic heterocycles. The standard InChI is InChI=1S/C23H35IN6P.W/c1-4-5-6-21-27-20(14-25)22(28-21)18-13-17(7-8-19(18)26)30-11-9-29(10-12-30)15-23(2,24)16-31-3;/h7-8,13-14,25,31H,3-6,9-12,15-16,26H2,1-2H3,(H,27,28);/q-1;. The van der Waals surface area contributed by atoms with Crippen LogP contribution in [0.3, 0.4) is 0 Å². The Morgan fingerprint density at radius 2 is 2.06 bits per heavy atom. The van der Waals surface area contributed by atoms with Crippen LogP contribution in [0.2, 0.25) is 0 Å². The minimum absolute atomic E-state index is 0. The van der Waals surface area contributed by atoms with Gasteiger partial charge in [-0.3, -0.25) is 13.5 Å². The molecule has 9 heteroatoms. The topological polar surface area (TPSA) is 85.0 Å². The predicted octanol–water partition coefficient (Wildman–Crippen LogP) is 4.78. The largest absolute Gasteiger partial charge is 0.398 e. The molecule has 3 rings (SSSR count). The van der Waals surface area contributed by atoms with E-state index < -0.39 is 0 Å². The van der Waals surface area contributed by atoms with Gasteiger partial charge < -0.3 is 27.7 Å². The number of nitrogens with zero attached hydrogens (tertiary/aromatic N) is 3. The molecule has 1 fully saturated rings. The first kappa shape index (κ1) is 27.8. The number of H-pyrrole nitrogens is 1. The third-order valence-corrected chi connectivity index (χ3v) is 8.24. The Labute approximate surface area is 222 Å². The van der Waals surface area contributed by atoms with Crippen molar-refractivity contribution in [2.45, 2.75) is 36.5 Å². The van der Waals surface area contributed by atoms with Gasteiger partial charge in [-0.2, -0.15) is 0 Å². The monoisotopic (exact) mass is 737 g/mol. The van der Waals surface area contributed by atoms with Crippen molar-refractivity contribution in [1.29, 1.82) is 5.41 Å². The second-order valence-electron chi connectivity index (χ2n) is 8.57. The molecule has 1 aromatic heterocycles. The Kier molecular flexibility index (Phi) is 11.1. The van der Waals surface area contributed by atoms with Crippen LogP contribution in [0.15, 0.2) is 18.2 Å². The second kappa shape index (κ2) is 12.8. The van der Waals surface area contributed by atoms with Crippen molar-refractivity contribution < 1.29 is 21.1 Å². The van der Waals surface area contributed by atoms with E-state index in [2.05, 4.69) is 70.0 Å². The van der Waals surface area contributed by atoms with Gasteiger partial charge in [0.15, 0.2) is 0 Å². The summed E-state index contributed by atoms with van der Waals surface area (Å²) in [5.41, 5.74) is 10.6. The van der Waals surface area contributed by atoms with Crippen LogP contribution >= 0.6 is 31.2 Å². The van der Waals surface area contributed by atoms with Crippen molar-refractivity contribution in [3.05, 3.63) is 36.4 Å². The number of halogens is 1. The summed E-state index contributed by atoms with van der Waals surface area (Å²) < 4.78 is 0.299. The first-order chi connectivity index (χ1) is 14.9. The van der Waals surface area contributed by atoms with Gasteiger partial charge in [0.2, 0.25) is 0 Å². The molecule has 4 N–H and O–H groups in total. The molecule has 6 nitrogen and oxygen atoms in total. The van der Waals surface area contributed by atoms with E-state index >= 15 is 0 Å². The molecule has 0 bridgehead atoms. The van der Waals surface area contributed by atoms with Gasteiger partial charge >= 0.3 is 0 Å². The Morgan fingerprint density at radius 3 is 2.69 bits per heavy atom. The summed E-state index contributed by atoms with van der Waals surface area (Å²) in [6, 6.07) is 6.22. The number of hydrogen-bond donors (Lipinski definition) is 3. The molecule has 2 unspecified atom stereocenters. The van der Waals surface area contributed by atoms with Gasteiger partial charge in [-0.15, -0.1) is 0 Å². The van der Waals surface area contributed by atoms with Crippen LogP contribution in [0.1, 0.15) is 38.2 Å². The molecule has 2 heterocycles. The molecule has 2 aromatic rings. The van der Waals surface area contributed by atoms with Gasteiger partial charge in [-0.1, -0.05) is 35.9 Å². The van der Waals surface area contributed by atoms with E-state index in [4.69, 9.17) is 16.1 Å². The number of rotatable bonds is 10. The number of aromatic nitrogens is 2. The van der Waals surface area contributed by atoms with Crippen LogP contribution in [-0.2, 0) is 27.5 Å². The Bertz CT molecular complexity index is 879. The fourth-order valence-corrected chi connectivity index (χ4v) is 6.03. The molecular weight excluding hydrogens is 702 g/mol. The van der Waals surface area contributed by atoms with Crippen molar-refractivity contribution in [1.82, 2.24) is 14.9 Å². The van der Waals surface area contributed by atoms with Crippen LogP contribution in [0.5, 0.6) is 0 Å². The number of alkyl halides is 1. The van der Waals surface area contributed by atoms with Gasteiger partial charge in [0, 0.05) is 86.8 Å². The minimum Gasteiger partial charge on any atom is -0.398 e. The van der Waals surface area contributed by atoms with Crippen molar-refractivity contribution in [2.24, 2.45) is 0 Å². The Hall–Kier alpha value is -0.492. The van der Waals surface area contributed by atoms with E-state index in [-0.39, 0.29) is 21.1 Å². The third-order valence-electron chi connectivity index (χ3n) is 5.77. The smallest absolute Gasteiger partial charge is 0.107 e. The zero-order valence-electron chi connectivity index (χ0n) is 19.1. The summed E-state index contributed by atoms with van der Waals surface area (Å²) in [5.74, 6) is 0.929. The van der Waals surface area contributed by atoms with Crippen LogP contribution in [-0.4, -0.2) is 63.4 Å². The van der Waals surface area contributed by atoms with Gasteiger partial charge in [-0.05, 0) is 37.7 Å². The summed E-state index contributed by atoms with van der Waals surface area (Å²) in [6.07, 6.45) is 5.61. The number of imidazole rings is 1. The third kappa shape index (κ3) is 7.25. The molecule has 0 saturated carbocycles. The number of piperazine rings is 1. The summed E-state index contributed by atoms with van der Waals surface area (Å²) in [5, 5.41) is 7.81. The number of aryl methyl sites for hydroxylation is 1. The van der Waals surface area contributed by atoms with Crippen molar-refractivity contribution in [3.63, 3.8) is 0 Å². The van der Waals surface area contributed by atoms with Gasteiger partial charge in [0.1, 0.15) is 5.82 Å². The van der Waals surface area contributed by atoms with Crippen LogP contribution in [0.4, 0.5) is 11.4 Å². The first-order valence-corrected chi connectivity index (χ1v) is 13.5. The molecule has 2 atom stereocenters. The van der Waals surface area contributed by atoms with Crippen molar-refractivity contribution in [2.75, 3.05) is 49.5 Å². The number of anilines is 2. The minimum atomic E-state index is 0. The zero-order chi connectivity index (χ0) is 22.4. The molecule has 0 radical (unpaired) electrons. The number of nitrogens with one attached hydrogen (secondary N) is 2. The van der Waals surface area contributed by atoms with Gasteiger partial charge in [-0.25, -0.2) is 4.98 Å². The van der Waals surface area contributed by atoms with E-state index in [1.54, 1.807) is 0 Å². The predicted molar refractivity (Wildman–Crippen MR) is 145 cm³/mol. The maximum absolute atomic E-state index is 7.81. The number of benzene rings is 1. The van der Waals surface area contributed by atoms with E-state index in [9.17, 15) is 0 Å². The molecule has 176 valence electrons. The Balaban J connectivity index is 0.00000363. The molecule has 32 heavy (non-hydrogen) atoms. The Morgan fingerprint density at radius 1 is 1.34 bits per heavy atom. The quantitative estimate of drug-likeness (QED) is 0.0820. The average Bonchev–Trinajstić information content (AvgIpc) is 3.16. The van der Waals surface area contributed by atoms with Crippen LogP contribution < -0.4 is 10.6 Å². The fraction of sp³-hybridized carbons (Fsp3) is 0.522. The molecule has 1 saturated heterocycles. The van der Waals surface area contributed by atoms with Crippen LogP contribution in [0, 0.1) is 12.1 Å². The maximum atomic E-state index is 7.81. The fourth-order valence-electron chi connectivity index (χ4n) is 4.10. The summed E-state index contributed by atoms with van der Waals surface area (Å²) in [4.78, 5) is 13.1. The SMILES string of the molecule is [CH2-]PCC(C)(I)CN1CCN(c2ccc(N)c(-c3nc(CCCC)[nH]c3C=N)c2)CC1.[W]. The number of nitrogens with two attached hydrogens (primary N) is 1. The van der Waals surface area contributed by atoms with Crippen molar-refractivity contribution >= 4 is 48.8 Å².